The summed E-state index contributed by atoms with van der Waals surface area (Å²) in [4.78, 5) is 13.3. The predicted molar refractivity (Wildman–Crippen MR) is 86.3 cm³/mol. The maximum absolute atomic E-state index is 5.26. The molecule has 0 saturated carbocycles. The van der Waals surface area contributed by atoms with E-state index < -0.39 is 0 Å². The minimum absolute atomic E-state index is 0.723. The molecule has 1 N–H and O–H groups in total. The zero-order valence-corrected chi connectivity index (χ0v) is 12.8. The molecule has 5 heteroatoms. The van der Waals surface area contributed by atoms with Crippen molar-refractivity contribution in [1.82, 2.24) is 15.0 Å². The molecule has 0 saturated heterocycles. The number of hydrogen-bond acceptors (Lipinski definition) is 4. The van der Waals surface area contributed by atoms with Crippen LogP contribution in [0.25, 0.3) is 11.1 Å². The lowest BCUT2D eigenvalue weighted by atomic mass is 10.3. The number of benzene rings is 1. The van der Waals surface area contributed by atoms with Crippen molar-refractivity contribution in [2.24, 2.45) is 0 Å². The monoisotopic (exact) mass is 284 g/mol. The van der Waals surface area contributed by atoms with Gasteiger partial charge in [0.25, 0.3) is 0 Å². The summed E-state index contributed by atoms with van der Waals surface area (Å²) in [5.74, 6) is 2.73. The highest BCUT2D eigenvalue weighted by Crippen LogP contribution is 2.12. The molecule has 0 aliphatic heterocycles. The lowest BCUT2D eigenvalue weighted by Crippen LogP contribution is -2.08. The molecule has 0 bridgehead atoms. The van der Waals surface area contributed by atoms with Crippen LogP contribution < -0.4 is 4.90 Å². The normalized spacial score (nSPS) is 9.24. The van der Waals surface area contributed by atoms with Crippen LogP contribution in [0.2, 0.25) is 0 Å². The minimum Gasteiger partial charge on any atom is -0.441 e. The summed E-state index contributed by atoms with van der Waals surface area (Å²) in [7, 11) is 3.96. The van der Waals surface area contributed by atoms with E-state index in [1.54, 1.807) is 0 Å². The second kappa shape index (κ2) is 7.75. The Labute approximate surface area is 125 Å². The molecule has 0 aliphatic rings. The number of oxazole rings is 1. The molecule has 21 heavy (non-hydrogen) atoms. The SMILES string of the molecule is C#C.Cc1nc2ccccc2o1.Cc1ncc(N(C)C)[nH]1. The second-order valence-corrected chi connectivity index (χ2v) is 4.45. The number of aromatic amines is 1. The van der Waals surface area contributed by atoms with Gasteiger partial charge in [-0.25, -0.2) is 9.97 Å². The molecule has 0 spiro atoms. The van der Waals surface area contributed by atoms with E-state index in [1.165, 1.54) is 0 Å². The van der Waals surface area contributed by atoms with Crippen LogP contribution >= 0.6 is 0 Å². The van der Waals surface area contributed by atoms with Gasteiger partial charge >= 0.3 is 0 Å². The third-order valence-corrected chi connectivity index (χ3v) is 2.57. The first kappa shape index (κ1) is 16.3. The number of H-pyrrole nitrogens is 1. The highest BCUT2D eigenvalue weighted by molar-refractivity contribution is 5.71. The van der Waals surface area contributed by atoms with Crippen LogP contribution in [0.15, 0.2) is 34.9 Å². The molecule has 0 amide bonds. The predicted octanol–water partition coefficient (Wildman–Crippen LogP) is 3.17. The summed E-state index contributed by atoms with van der Waals surface area (Å²) >= 11 is 0. The van der Waals surface area contributed by atoms with E-state index in [0.29, 0.717) is 0 Å². The van der Waals surface area contributed by atoms with E-state index in [4.69, 9.17) is 4.42 Å². The number of aryl methyl sites for hydroxylation is 2. The lowest BCUT2D eigenvalue weighted by Gasteiger charge is -2.06. The van der Waals surface area contributed by atoms with Crippen LogP contribution in [0.3, 0.4) is 0 Å². The van der Waals surface area contributed by atoms with Gasteiger partial charge in [0.15, 0.2) is 11.5 Å². The van der Waals surface area contributed by atoms with Gasteiger partial charge < -0.3 is 14.3 Å². The number of rotatable bonds is 1. The van der Waals surface area contributed by atoms with Gasteiger partial charge in [-0.05, 0) is 19.1 Å². The number of nitrogens with one attached hydrogen (secondary N) is 1. The Kier molecular flexibility index (Phi) is 6.02. The average molecular weight is 284 g/mol. The number of fused-ring (bicyclic) bond motifs is 1. The van der Waals surface area contributed by atoms with Crippen LogP contribution in [-0.4, -0.2) is 29.0 Å². The number of hydrogen-bond donors (Lipinski definition) is 1. The number of anilines is 1. The Bertz CT molecular complexity index is 661. The molecule has 0 atom stereocenters. The van der Waals surface area contributed by atoms with Crippen LogP contribution in [0, 0.1) is 26.7 Å². The number of nitrogens with zero attached hydrogens (tertiary/aromatic N) is 3. The van der Waals surface area contributed by atoms with Crippen molar-refractivity contribution in [2.45, 2.75) is 13.8 Å². The van der Waals surface area contributed by atoms with Gasteiger partial charge in [0.05, 0.1) is 6.20 Å². The third kappa shape index (κ3) is 4.69. The van der Waals surface area contributed by atoms with Gasteiger partial charge in [0.2, 0.25) is 0 Å². The third-order valence-electron chi connectivity index (χ3n) is 2.57. The molecule has 0 fully saturated rings. The van der Waals surface area contributed by atoms with Gasteiger partial charge in [0.1, 0.15) is 17.2 Å². The number of aromatic nitrogens is 3. The van der Waals surface area contributed by atoms with Gasteiger partial charge in [-0.15, -0.1) is 12.8 Å². The Morgan fingerprint density at radius 2 is 1.81 bits per heavy atom. The van der Waals surface area contributed by atoms with E-state index >= 15 is 0 Å². The minimum atomic E-state index is 0.723. The van der Waals surface area contributed by atoms with E-state index in [2.05, 4.69) is 27.8 Å². The number of para-hydroxylation sites is 2. The molecular weight excluding hydrogens is 264 g/mol. The van der Waals surface area contributed by atoms with Crippen LogP contribution in [0.4, 0.5) is 5.82 Å². The van der Waals surface area contributed by atoms with E-state index in [0.717, 1.165) is 28.6 Å². The first-order valence-electron chi connectivity index (χ1n) is 6.40. The average Bonchev–Trinajstić information content (AvgIpc) is 3.06. The summed E-state index contributed by atoms with van der Waals surface area (Å²) in [6, 6.07) is 7.73. The molecule has 0 radical (unpaired) electrons. The molecule has 2 aromatic heterocycles. The summed E-state index contributed by atoms with van der Waals surface area (Å²) in [6.45, 7) is 3.78. The van der Waals surface area contributed by atoms with Crippen molar-refractivity contribution in [2.75, 3.05) is 19.0 Å². The van der Waals surface area contributed by atoms with Crippen molar-refractivity contribution in [3.63, 3.8) is 0 Å². The summed E-state index contributed by atoms with van der Waals surface area (Å²) in [6.07, 6.45) is 9.81. The van der Waals surface area contributed by atoms with E-state index in [9.17, 15) is 0 Å². The fraction of sp³-hybridized carbons (Fsp3) is 0.250. The van der Waals surface area contributed by atoms with Crippen molar-refractivity contribution in [3.05, 3.63) is 42.2 Å². The Balaban J connectivity index is 0.000000189. The Hall–Kier alpha value is -2.74. The maximum Gasteiger partial charge on any atom is 0.192 e. The standard InChI is InChI=1S/C8H7NO.C6H11N3.C2H2/c1-6-9-7-4-2-3-5-8(7)10-6;1-5-7-4-6(8-5)9(2)3;1-2/h2-5H,1H3;4H,1-3H3,(H,7,8);1-2H. The molecule has 1 aromatic carbocycles. The lowest BCUT2D eigenvalue weighted by molar-refractivity contribution is 0.561. The van der Waals surface area contributed by atoms with Crippen molar-refractivity contribution >= 4 is 16.9 Å². The Morgan fingerprint density at radius 1 is 1.14 bits per heavy atom. The molecule has 3 aromatic rings. The van der Waals surface area contributed by atoms with Gasteiger partial charge in [-0.1, -0.05) is 12.1 Å². The molecule has 2 heterocycles. The van der Waals surface area contributed by atoms with Gasteiger partial charge in [-0.2, -0.15) is 0 Å². The molecule has 0 aliphatic carbocycles. The largest absolute Gasteiger partial charge is 0.441 e. The highest BCUT2D eigenvalue weighted by atomic mass is 16.3. The molecule has 0 unspecified atom stereocenters. The molecule has 5 nitrogen and oxygen atoms in total. The van der Waals surface area contributed by atoms with Crippen LogP contribution in [-0.2, 0) is 0 Å². The molecule has 3 rings (SSSR count). The van der Waals surface area contributed by atoms with E-state index in [1.807, 2.05) is 63.3 Å². The summed E-state index contributed by atoms with van der Waals surface area (Å²) < 4.78 is 5.26. The van der Waals surface area contributed by atoms with Gasteiger partial charge in [0, 0.05) is 21.0 Å². The van der Waals surface area contributed by atoms with Crippen LogP contribution in [0.1, 0.15) is 11.7 Å². The van der Waals surface area contributed by atoms with Crippen LogP contribution in [0.5, 0.6) is 0 Å². The molecule has 110 valence electrons. The summed E-state index contributed by atoms with van der Waals surface area (Å²) in [5.41, 5.74) is 1.79. The smallest absolute Gasteiger partial charge is 0.192 e. The Morgan fingerprint density at radius 3 is 2.29 bits per heavy atom. The second-order valence-electron chi connectivity index (χ2n) is 4.45. The first-order chi connectivity index (χ1) is 10.1. The topological polar surface area (TPSA) is 58.0 Å². The fourth-order valence-electron chi connectivity index (χ4n) is 1.62. The first-order valence-corrected chi connectivity index (χ1v) is 6.40. The fourth-order valence-corrected chi connectivity index (χ4v) is 1.62. The van der Waals surface area contributed by atoms with Crippen molar-refractivity contribution in [1.29, 1.82) is 0 Å². The zero-order valence-electron chi connectivity index (χ0n) is 12.8. The quantitative estimate of drug-likeness (QED) is 0.697. The summed E-state index contributed by atoms with van der Waals surface area (Å²) in [5, 5.41) is 0. The number of terminal acetylenes is 1. The number of imidazole rings is 1. The van der Waals surface area contributed by atoms with Gasteiger partial charge in [-0.3, -0.25) is 0 Å². The van der Waals surface area contributed by atoms with E-state index in [-0.39, 0.29) is 0 Å². The molecular formula is C16H20N4O. The highest BCUT2D eigenvalue weighted by Gasteiger charge is 1.97. The maximum atomic E-state index is 5.26. The zero-order chi connectivity index (χ0) is 15.8. The van der Waals surface area contributed by atoms with Crippen molar-refractivity contribution < 1.29 is 4.42 Å². The van der Waals surface area contributed by atoms with Crippen molar-refractivity contribution in [3.8, 4) is 12.8 Å².